The second-order valence-corrected chi connectivity index (χ2v) is 8.05. The number of rotatable bonds is 6. The summed E-state index contributed by atoms with van der Waals surface area (Å²) in [5, 5.41) is 9.21. The molecule has 2 fully saturated rings. The molecule has 0 bridgehead atoms. The summed E-state index contributed by atoms with van der Waals surface area (Å²) in [5.74, 6) is 0.369. The van der Waals surface area contributed by atoms with E-state index in [1.54, 1.807) is 0 Å². The Morgan fingerprint density at radius 3 is 2.57 bits per heavy atom. The van der Waals surface area contributed by atoms with Gasteiger partial charge < -0.3 is 23.6 Å². The molecule has 2 saturated heterocycles. The van der Waals surface area contributed by atoms with E-state index in [-0.39, 0.29) is 25.4 Å². The second kappa shape index (κ2) is 7.11. The molecule has 120 valence electrons. The standard InChI is InChI=1S/C13H24BO6P/c1-8-4-9(2)18-12(8)7-17-21(3,16)20-10-5-13(14)19-11(10)6-15/h8-13,15H,4-7H2,1-3H3. The molecule has 21 heavy (non-hydrogen) atoms. The minimum Gasteiger partial charge on any atom is -0.394 e. The Morgan fingerprint density at radius 2 is 2.00 bits per heavy atom. The third-order valence-corrected chi connectivity index (χ3v) is 5.23. The van der Waals surface area contributed by atoms with Crippen LogP contribution >= 0.6 is 7.60 Å². The Bertz CT molecular complexity index is 395. The van der Waals surface area contributed by atoms with E-state index in [9.17, 15) is 9.67 Å². The quantitative estimate of drug-likeness (QED) is 0.588. The van der Waals surface area contributed by atoms with Crippen molar-refractivity contribution < 1.29 is 28.2 Å². The van der Waals surface area contributed by atoms with Crippen molar-refractivity contribution in [1.29, 1.82) is 0 Å². The normalized spacial score (nSPS) is 43.0. The van der Waals surface area contributed by atoms with Gasteiger partial charge in [0.1, 0.15) is 14.0 Å². The Kier molecular flexibility index (Phi) is 5.91. The highest BCUT2D eigenvalue weighted by Crippen LogP contribution is 2.48. The van der Waals surface area contributed by atoms with Gasteiger partial charge in [-0.25, -0.2) is 0 Å². The van der Waals surface area contributed by atoms with Gasteiger partial charge in [0.05, 0.1) is 31.5 Å². The predicted octanol–water partition coefficient (Wildman–Crippen LogP) is 1.30. The maximum Gasteiger partial charge on any atom is 0.328 e. The maximum atomic E-state index is 12.4. The average Bonchev–Trinajstić information content (AvgIpc) is 2.88. The fraction of sp³-hybridized carbons (Fsp3) is 1.00. The van der Waals surface area contributed by atoms with Gasteiger partial charge in [0, 0.05) is 12.7 Å². The molecular formula is C13H24BO6P. The summed E-state index contributed by atoms with van der Waals surface area (Å²) >= 11 is 0. The van der Waals surface area contributed by atoms with Gasteiger partial charge in [-0.15, -0.1) is 0 Å². The molecule has 0 aromatic carbocycles. The van der Waals surface area contributed by atoms with Crippen LogP contribution in [0.1, 0.15) is 26.7 Å². The molecule has 7 unspecified atom stereocenters. The van der Waals surface area contributed by atoms with Crippen LogP contribution in [0.4, 0.5) is 0 Å². The molecule has 0 amide bonds. The molecule has 2 rings (SSSR count). The first-order chi connectivity index (χ1) is 9.80. The molecule has 0 saturated carbocycles. The van der Waals surface area contributed by atoms with Gasteiger partial charge in [-0.2, -0.15) is 0 Å². The van der Waals surface area contributed by atoms with Crippen LogP contribution in [-0.4, -0.2) is 63.3 Å². The van der Waals surface area contributed by atoms with E-state index in [1.165, 1.54) is 6.66 Å². The summed E-state index contributed by atoms with van der Waals surface area (Å²) in [6.45, 7) is 5.54. The molecular weight excluding hydrogens is 294 g/mol. The zero-order valence-corrected chi connectivity index (χ0v) is 13.7. The lowest BCUT2D eigenvalue weighted by atomic mass is 9.96. The monoisotopic (exact) mass is 318 g/mol. The third kappa shape index (κ3) is 4.78. The van der Waals surface area contributed by atoms with E-state index in [0.29, 0.717) is 12.3 Å². The minimum absolute atomic E-state index is 0.0624. The topological polar surface area (TPSA) is 74.2 Å². The van der Waals surface area contributed by atoms with Gasteiger partial charge >= 0.3 is 7.60 Å². The van der Waals surface area contributed by atoms with Gasteiger partial charge in [-0.1, -0.05) is 6.92 Å². The van der Waals surface area contributed by atoms with Crippen LogP contribution < -0.4 is 0 Å². The largest absolute Gasteiger partial charge is 0.394 e. The highest BCUT2D eigenvalue weighted by Gasteiger charge is 2.38. The average molecular weight is 318 g/mol. The molecule has 7 atom stereocenters. The molecule has 0 spiro atoms. The third-order valence-electron chi connectivity index (χ3n) is 3.95. The summed E-state index contributed by atoms with van der Waals surface area (Å²) in [7, 11) is 2.41. The number of hydrogen-bond donors (Lipinski definition) is 1. The van der Waals surface area contributed by atoms with Gasteiger partial charge in [0.15, 0.2) is 0 Å². The van der Waals surface area contributed by atoms with E-state index in [0.717, 1.165) is 6.42 Å². The lowest BCUT2D eigenvalue weighted by molar-refractivity contribution is -0.0102. The van der Waals surface area contributed by atoms with Crippen molar-refractivity contribution in [3.05, 3.63) is 0 Å². The minimum atomic E-state index is -3.24. The zero-order valence-electron chi connectivity index (χ0n) is 12.8. The van der Waals surface area contributed by atoms with Crippen molar-refractivity contribution in [3.8, 4) is 0 Å². The number of ether oxygens (including phenoxy) is 2. The Hall–Kier alpha value is 0.0949. The SMILES string of the molecule is [B]C1CC(OP(C)(=O)OCC2OC(C)CC2C)C(CO)O1. The van der Waals surface area contributed by atoms with Crippen LogP contribution in [0.15, 0.2) is 0 Å². The summed E-state index contributed by atoms with van der Waals surface area (Å²) in [5.41, 5.74) is 0. The van der Waals surface area contributed by atoms with Crippen LogP contribution in [0.3, 0.4) is 0 Å². The van der Waals surface area contributed by atoms with Gasteiger partial charge in [0.25, 0.3) is 0 Å². The van der Waals surface area contributed by atoms with E-state index in [4.69, 9.17) is 26.4 Å². The second-order valence-electron chi connectivity index (χ2n) is 6.04. The van der Waals surface area contributed by atoms with Gasteiger partial charge in [-0.05, 0) is 25.7 Å². The van der Waals surface area contributed by atoms with Crippen molar-refractivity contribution in [2.24, 2.45) is 5.92 Å². The lowest BCUT2D eigenvalue weighted by Gasteiger charge is -2.23. The smallest absolute Gasteiger partial charge is 0.328 e. The van der Waals surface area contributed by atoms with Crippen molar-refractivity contribution in [2.75, 3.05) is 19.9 Å². The van der Waals surface area contributed by atoms with Crippen LogP contribution in [0.25, 0.3) is 0 Å². The van der Waals surface area contributed by atoms with Gasteiger partial charge in [-0.3, -0.25) is 4.57 Å². The molecule has 2 aliphatic rings. The molecule has 6 nitrogen and oxygen atoms in total. The molecule has 0 aliphatic carbocycles. The predicted molar refractivity (Wildman–Crippen MR) is 78.6 cm³/mol. The van der Waals surface area contributed by atoms with Crippen molar-refractivity contribution in [1.82, 2.24) is 0 Å². The summed E-state index contributed by atoms with van der Waals surface area (Å²) < 4.78 is 34.4. The molecule has 1 N–H and O–H groups in total. The van der Waals surface area contributed by atoms with E-state index in [2.05, 4.69) is 6.92 Å². The lowest BCUT2D eigenvalue weighted by Crippen LogP contribution is -2.28. The summed E-state index contributed by atoms with van der Waals surface area (Å²) in [6, 6.07) is -0.508. The van der Waals surface area contributed by atoms with Crippen LogP contribution in [0.5, 0.6) is 0 Å². The van der Waals surface area contributed by atoms with Crippen LogP contribution in [0, 0.1) is 5.92 Å². The molecule has 0 aromatic rings. The zero-order chi connectivity index (χ0) is 15.6. The van der Waals surface area contributed by atoms with E-state index in [1.807, 2.05) is 6.92 Å². The fourth-order valence-corrected chi connectivity index (χ4v) is 4.06. The molecule has 0 aromatic heterocycles. The number of aliphatic hydroxyl groups is 1. The van der Waals surface area contributed by atoms with Crippen LogP contribution in [-0.2, 0) is 23.1 Å². The first-order valence-electron chi connectivity index (χ1n) is 7.38. The van der Waals surface area contributed by atoms with Crippen molar-refractivity contribution in [3.63, 3.8) is 0 Å². The van der Waals surface area contributed by atoms with E-state index < -0.39 is 25.8 Å². The Labute approximate surface area is 127 Å². The fourth-order valence-electron chi connectivity index (χ4n) is 2.87. The highest BCUT2D eigenvalue weighted by atomic mass is 31.2. The van der Waals surface area contributed by atoms with Crippen molar-refractivity contribution >= 4 is 15.4 Å². The Balaban J connectivity index is 1.83. The first kappa shape index (κ1) is 17.4. The summed E-state index contributed by atoms with van der Waals surface area (Å²) in [4.78, 5) is 0. The summed E-state index contributed by atoms with van der Waals surface area (Å²) in [6.07, 6.45) is 0.430. The van der Waals surface area contributed by atoms with Crippen LogP contribution in [0.2, 0.25) is 0 Å². The number of hydrogen-bond acceptors (Lipinski definition) is 6. The number of aliphatic hydroxyl groups excluding tert-OH is 1. The molecule has 2 radical (unpaired) electrons. The highest BCUT2D eigenvalue weighted by molar-refractivity contribution is 7.53. The molecule has 2 aliphatic heterocycles. The van der Waals surface area contributed by atoms with Crippen molar-refractivity contribution in [2.45, 2.75) is 57.1 Å². The maximum absolute atomic E-state index is 12.4. The molecule has 8 heteroatoms. The van der Waals surface area contributed by atoms with E-state index >= 15 is 0 Å². The van der Waals surface area contributed by atoms with Gasteiger partial charge in [0.2, 0.25) is 0 Å². The molecule has 2 heterocycles. The Morgan fingerprint density at radius 1 is 1.29 bits per heavy atom. The first-order valence-corrected chi connectivity index (χ1v) is 9.37.